The van der Waals surface area contributed by atoms with E-state index in [2.05, 4.69) is 27.5 Å². The predicted molar refractivity (Wildman–Crippen MR) is 80.0 cm³/mol. The van der Waals surface area contributed by atoms with Gasteiger partial charge in [0.15, 0.2) is 5.16 Å². The van der Waals surface area contributed by atoms with E-state index in [0.29, 0.717) is 6.04 Å². The Balaban J connectivity index is 2.12. The van der Waals surface area contributed by atoms with Gasteiger partial charge >= 0.3 is 0 Å². The van der Waals surface area contributed by atoms with Crippen LogP contribution in [0.2, 0.25) is 0 Å². The van der Waals surface area contributed by atoms with Crippen LogP contribution in [-0.4, -0.2) is 42.0 Å². The van der Waals surface area contributed by atoms with Crippen molar-refractivity contribution < 1.29 is 4.74 Å². The summed E-state index contributed by atoms with van der Waals surface area (Å²) in [5.41, 5.74) is 0. The molecule has 1 aliphatic rings. The first-order valence-corrected chi connectivity index (χ1v) is 7.95. The third-order valence-corrected chi connectivity index (χ3v) is 3.88. The maximum absolute atomic E-state index is 5.50. The summed E-state index contributed by atoms with van der Waals surface area (Å²) in [6.45, 7) is 2.92. The number of hydrogen-bond donors (Lipinski definition) is 2. The molecule has 0 bridgehead atoms. The van der Waals surface area contributed by atoms with Crippen LogP contribution in [0.4, 0.5) is 11.6 Å². The number of methoxy groups -OCH3 is 1. The molecule has 0 aromatic carbocycles. The van der Waals surface area contributed by atoms with Crippen molar-refractivity contribution in [3.63, 3.8) is 0 Å². The molecule has 0 aliphatic heterocycles. The van der Waals surface area contributed by atoms with Gasteiger partial charge in [-0.05, 0) is 32.4 Å². The number of nitrogens with zero attached hydrogens (tertiary/aromatic N) is 2. The van der Waals surface area contributed by atoms with Gasteiger partial charge in [0.1, 0.15) is 11.6 Å². The molecular formula is C13H22N4OS. The summed E-state index contributed by atoms with van der Waals surface area (Å²) in [6.07, 6.45) is 5.73. The quantitative estimate of drug-likeness (QED) is 0.618. The molecule has 2 atom stereocenters. The minimum absolute atomic E-state index is 0.287. The molecule has 1 heterocycles. The number of anilines is 2. The Hall–Kier alpha value is -1.01. The van der Waals surface area contributed by atoms with Gasteiger partial charge < -0.3 is 15.4 Å². The zero-order chi connectivity index (χ0) is 13.7. The van der Waals surface area contributed by atoms with E-state index in [9.17, 15) is 0 Å². The second-order valence-electron chi connectivity index (χ2n) is 4.61. The molecular weight excluding hydrogens is 260 g/mol. The maximum Gasteiger partial charge on any atom is 0.191 e. The number of nitrogens with one attached hydrogen (secondary N) is 2. The molecule has 2 rings (SSSR count). The Morgan fingerprint density at radius 2 is 2.16 bits per heavy atom. The van der Waals surface area contributed by atoms with Crippen molar-refractivity contribution in [3.05, 3.63) is 6.07 Å². The fraction of sp³-hybridized carbons (Fsp3) is 0.692. The average Bonchev–Trinajstić information content (AvgIpc) is 2.86. The summed E-state index contributed by atoms with van der Waals surface area (Å²) in [5.74, 6) is 1.75. The van der Waals surface area contributed by atoms with Gasteiger partial charge in [0.05, 0.1) is 12.1 Å². The minimum Gasteiger partial charge on any atom is -0.379 e. The summed E-state index contributed by atoms with van der Waals surface area (Å²) >= 11 is 1.55. The van der Waals surface area contributed by atoms with Crippen LogP contribution in [0.15, 0.2) is 11.2 Å². The smallest absolute Gasteiger partial charge is 0.191 e. The van der Waals surface area contributed by atoms with Crippen LogP contribution in [-0.2, 0) is 4.74 Å². The number of thioether (sulfide) groups is 1. The van der Waals surface area contributed by atoms with Crippen molar-refractivity contribution in [1.82, 2.24) is 9.97 Å². The third kappa shape index (κ3) is 3.73. The van der Waals surface area contributed by atoms with Gasteiger partial charge in [0.25, 0.3) is 0 Å². The lowest BCUT2D eigenvalue weighted by molar-refractivity contribution is 0.101. The van der Waals surface area contributed by atoms with Crippen molar-refractivity contribution in [1.29, 1.82) is 0 Å². The predicted octanol–water partition coefficient (Wildman–Crippen LogP) is 2.61. The molecule has 0 spiro atoms. The van der Waals surface area contributed by atoms with Crippen molar-refractivity contribution >= 4 is 23.4 Å². The summed E-state index contributed by atoms with van der Waals surface area (Å²) in [6, 6.07) is 2.32. The van der Waals surface area contributed by atoms with Gasteiger partial charge in [-0.3, -0.25) is 0 Å². The molecule has 0 amide bonds. The molecule has 1 aromatic rings. The van der Waals surface area contributed by atoms with Gasteiger partial charge in [-0.2, -0.15) is 0 Å². The summed E-state index contributed by atoms with van der Waals surface area (Å²) in [4.78, 5) is 8.94. The molecule has 1 aromatic heterocycles. The van der Waals surface area contributed by atoms with E-state index in [0.717, 1.165) is 36.2 Å². The largest absolute Gasteiger partial charge is 0.379 e. The van der Waals surface area contributed by atoms with Crippen LogP contribution >= 0.6 is 11.8 Å². The summed E-state index contributed by atoms with van der Waals surface area (Å²) < 4.78 is 5.50. The Morgan fingerprint density at radius 1 is 1.37 bits per heavy atom. The van der Waals surface area contributed by atoms with Gasteiger partial charge in [-0.15, -0.1) is 0 Å². The van der Waals surface area contributed by atoms with Crippen molar-refractivity contribution in [2.45, 2.75) is 43.5 Å². The average molecular weight is 282 g/mol. The third-order valence-electron chi connectivity index (χ3n) is 3.33. The summed E-state index contributed by atoms with van der Waals surface area (Å²) in [7, 11) is 1.78. The normalized spacial score (nSPS) is 22.5. The van der Waals surface area contributed by atoms with E-state index in [1.165, 1.54) is 6.42 Å². The first-order valence-electron chi connectivity index (χ1n) is 6.73. The highest BCUT2D eigenvalue weighted by Crippen LogP contribution is 2.26. The van der Waals surface area contributed by atoms with E-state index in [-0.39, 0.29) is 6.10 Å². The van der Waals surface area contributed by atoms with E-state index in [1.54, 1.807) is 18.9 Å². The Morgan fingerprint density at radius 3 is 2.84 bits per heavy atom. The van der Waals surface area contributed by atoms with E-state index >= 15 is 0 Å². The molecule has 5 nitrogen and oxygen atoms in total. The highest BCUT2D eigenvalue weighted by molar-refractivity contribution is 7.98. The van der Waals surface area contributed by atoms with Crippen molar-refractivity contribution in [3.8, 4) is 0 Å². The highest BCUT2D eigenvalue weighted by atomic mass is 32.2. The van der Waals surface area contributed by atoms with Crippen LogP contribution < -0.4 is 10.6 Å². The standard InChI is InChI=1S/C13H22N4OS/c1-4-14-11-8-12(17-13(16-11)19-3)15-9-6-5-7-10(9)18-2/h8-10H,4-7H2,1-3H3,(H2,14,15,16,17). The number of aromatic nitrogens is 2. The fourth-order valence-electron chi connectivity index (χ4n) is 2.43. The molecule has 1 saturated carbocycles. The van der Waals surface area contributed by atoms with E-state index < -0.39 is 0 Å². The van der Waals surface area contributed by atoms with Crippen LogP contribution in [0.3, 0.4) is 0 Å². The first kappa shape index (κ1) is 14.4. The first-order chi connectivity index (χ1) is 9.26. The molecule has 2 N–H and O–H groups in total. The Kier molecular flexibility index (Phi) is 5.27. The van der Waals surface area contributed by atoms with Crippen LogP contribution in [0, 0.1) is 0 Å². The van der Waals surface area contributed by atoms with Gasteiger partial charge in [0, 0.05) is 19.7 Å². The topological polar surface area (TPSA) is 59.1 Å². The van der Waals surface area contributed by atoms with Crippen LogP contribution in [0.25, 0.3) is 0 Å². The number of hydrogen-bond acceptors (Lipinski definition) is 6. The van der Waals surface area contributed by atoms with Gasteiger partial charge in [0.2, 0.25) is 0 Å². The van der Waals surface area contributed by atoms with E-state index in [1.807, 2.05) is 12.3 Å². The monoisotopic (exact) mass is 282 g/mol. The molecule has 0 radical (unpaired) electrons. The van der Waals surface area contributed by atoms with Crippen LogP contribution in [0.1, 0.15) is 26.2 Å². The number of ether oxygens (including phenoxy) is 1. The molecule has 1 fully saturated rings. The zero-order valence-electron chi connectivity index (χ0n) is 11.8. The maximum atomic E-state index is 5.50. The van der Waals surface area contributed by atoms with E-state index in [4.69, 9.17) is 4.74 Å². The Labute approximate surface area is 118 Å². The van der Waals surface area contributed by atoms with Crippen molar-refractivity contribution in [2.24, 2.45) is 0 Å². The lowest BCUT2D eigenvalue weighted by atomic mass is 10.2. The lowest BCUT2D eigenvalue weighted by Crippen LogP contribution is -2.30. The Bertz CT molecular complexity index is 416. The molecule has 6 heteroatoms. The number of rotatable bonds is 6. The second-order valence-corrected chi connectivity index (χ2v) is 5.38. The highest BCUT2D eigenvalue weighted by Gasteiger charge is 2.27. The lowest BCUT2D eigenvalue weighted by Gasteiger charge is -2.20. The SMILES string of the molecule is CCNc1cc(NC2CCCC2OC)nc(SC)n1. The van der Waals surface area contributed by atoms with Crippen LogP contribution in [0.5, 0.6) is 0 Å². The molecule has 19 heavy (non-hydrogen) atoms. The minimum atomic E-state index is 0.287. The van der Waals surface area contributed by atoms with Gasteiger partial charge in [-0.1, -0.05) is 11.8 Å². The molecule has 0 saturated heterocycles. The second kappa shape index (κ2) is 6.96. The molecule has 106 valence electrons. The fourth-order valence-corrected chi connectivity index (χ4v) is 2.80. The zero-order valence-corrected chi connectivity index (χ0v) is 12.6. The van der Waals surface area contributed by atoms with Crippen molar-refractivity contribution in [2.75, 3.05) is 30.5 Å². The van der Waals surface area contributed by atoms with Gasteiger partial charge in [-0.25, -0.2) is 9.97 Å². The summed E-state index contributed by atoms with van der Waals surface area (Å²) in [5, 5.41) is 7.51. The molecule has 2 unspecified atom stereocenters. The molecule has 1 aliphatic carbocycles.